The van der Waals surface area contributed by atoms with Crippen molar-refractivity contribution in [1.82, 2.24) is 14.8 Å². The third-order valence-electron chi connectivity index (χ3n) is 5.76. The lowest BCUT2D eigenvalue weighted by molar-refractivity contribution is -0.0557. The van der Waals surface area contributed by atoms with Gasteiger partial charge in [0.25, 0.3) is 5.92 Å². The Balaban J connectivity index is 1.69. The first-order valence-corrected chi connectivity index (χ1v) is 12.0. The minimum atomic E-state index is -4.05. The molecule has 1 fully saturated rings. The summed E-state index contributed by atoms with van der Waals surface area (Å²) in [5, 5.41) is 15.5. The van der Waals surface area contributed by atoms with Gasteiger partial charge in [0.15, 0.2) is 11.4 Å². The third kappa shape index (κ3) is 4.44. The first-order valence-electron chi connectivity index (χ1n) is 10.4. The summed E-state index contributed by atoms with van der Waals surface area (Å²) in [6.45, 7) is -0.654. The van der Waals surface area contributed by atoms with Crippen LogP contribution in [0.15, 0.2) is 40.9 Å². The normalized spacial score (nSPS) is 19.9. The summed E-state index contributed by atoms with van der Waals surface area (Å²) < 4.78 is 89.2. The molecule has 3 aromatic rings. The van der Waals surface area contributed by atoms with Crippen LogP contribution >= 0.6 is 0 Å². The van der Waals surface area contributed by atoms with Crippen LogP contribution in [-0.4, -0.2) is 66.5 Å². The molecular weight excluding hydrogens is 496 g/mol. The number of aliphatic hydroxyl groups excluding tert-OH is 1. The fourth-order valence-corrected chi connectivity index (χ4v) is 4.79. The summed E-state index contributed by atoms with van der Waals surface area (Å²) in [5.74, 6) is -6.33. The number of rotatable bonds is 6. The zero-order chi connectivity index (χ0) is 25.5. The van der Waals surface area contributed by atoms with E-state index < -0.39 is 70.2 Å². The lowest BCUT2D eigenvalue weighted by Crippen LogP contribution is -2.51. The van der Waals surface area contributed by atoms with Crippen molar-refractivity contribution in [2.45, 2.75) is 24.9 Å². The number of nitrogens with one attached hydrogen (secondary N) is 2. The molecular formula is C21H20F4N4O5S. The number of hydrogen-bond donors (Lipinski definition) is 3. The van der Waals surface area contributed by atoms with Gasteiger partial charge in [-0.2, -0.15) is 0 Å². The summed E-state index contributed by atoms with van der Waals surface area (Å²) in [4.78, 5) is 13.5. The van der Waals surface area contributed by atoms with Crippen molar-refractivity contribution < 1.29 is 40.4 Å². The van der Waals surface area contributed by atoms with Crippen LogP contribution in [0.5, 0.6) is 0 Å². The molecule has 2 heterocycles. The molecule has 4 rings (SSSR count). The van der Waals surface area contributed by atoms with Crippen LogP contribution in [0.25, 0.3) is 22.1 Å². The van der Waals surface area contributed by atoms with Crippen LogP contribution < -0.4 is 10.0 Å². The quantitative estimate of drug-likeness (QED) is 0.433. The highest BCUT2D eigenvalue weighted by Gasteiger charge is 2.58. The molecule has 0 unspecified atom stereocenters. The number of amides is 2. The van der Waals surface area contributed by atoms with E-state index in [1.165, 1.54) is 31.2 Å². The molecule has 35 heavy (non-hydrogen) atoms. The van der Waals surface area contributed by atoms with Gasteiger partial charge in [0.2, 0.25) is 10.0 Å². The fourth-order valence-electron chi connectivity index (χ4n) is 3.96. The molecule has 1 saturated heterocycles. The predicted octanol–water partition coefficient (Wildman–Crippen LogP) is 2.92. The molecule has 14 heteroatoms. The Bertz CT molecular complexity index is 1360. The predicted molar refractivity (Wildman–Crippen MR) is 117 cm³/mol. The number of likely N-dealkylation sites (tertiary alicyclic amines) is 1. The largest absolute Gasteiger partial charge is 0.394 e. The number of fused-ring (bicyclic) bond motifs is 1. The number of halogens is 4. The summed E-state index contributed by atoms with van der Waals surface area (Å²) in [6.07, 6.45) is 0. The number of sulfonamides is 1. The Kier molecular flexibility index (Phi) is 6.46. The molecule has 0 spiro atoms. The highest BCUT2D eigenvalue weighted by molar-refractivity contribution is 7.89. The topological polar surface area (TPSA) is 125 Å². The van der Waals surface area contributed by atoms with Crippen molar-refractivity contribution in [2.75, 3.05) is 24.2 Å². The second-order valence-electron chi connectivity index (χ2n) is 7.84. The van der Waals surface area contributed by atoms with Crippen LogP contribution in [0.1, 0.15) is 6.92 Å². The average molecular weight is 516 g/mol. The van der Waals surface area contributed by atoms with Gasteiger partial charge in [-0.05, 0) is 25.1 Å². The van der Waals surface area contributed by atoms with Gasteiger partial charge in [-0.15, -0.1) is 0 Å². The Hall–Kier alpha value is -3.23. The average Bonchev–Trinajstić information content (AvgIpc) is 3.31. The maximum Gasteiger partial charge on any atom is 0.323 e. The summed E-state index contributed by atoms with van der Waals surface area (Å²) in [7, 11) is -4.05. The molecule has 1 aliphatic rings. The molecule has 0 aliphatic carbocycles. The highest BCUT2D eigenvalue weighted by Crippen LogP contribution is 2.38. The van der Waals surface area contributed by atoms with Gasteiger partial charge >= 0.3 is 6.03 Å². The Morgan fingerprint density at radius 1 is 1.23 bits per heavy atom. The molecule has 2 amide bonds. The molecule has 188 valence electrons. The van der Waals surface area contributed by atoms with Crippen molar-refractivity contribution >= 4 is 32.8 Å². The number of nitrogens with zero attached hydrogens (tertiary/aromatic N) is 2. The highest BCUT2D eigenvalue weighted by atomic mass is 32.2. The number of aliphatic hydroxyl groups is 1. The zero-order valence-electron chi connectivity index (χ0n) is 18.1. The number of anilines is 1. The molecule has 3 N–H and O–H groups in total. The van der Waals surface area contributed by atoms with Gasteiger partial charge in [0.05, 0.1) is 23.3 Å². The molecule has 1 aromatic heterocycles. The van der Waals surface area contributed by atoms with E-state index in [0.29, 0.717) is 4.90 Å². The van der Waals surface area contributed by atoms with Crippen LogP contribution in [0.2, 0.25) is 0 Å². The number of benzene rings is 2. The van der Waals surface area contributed by atoms with E-state index in [1.807, 2.05) is 4.72 Å². The third-order valence-corrected chi connectivity index (χ3v) is 7.16. The van der Waals surface area contributed by atoms with Gasteiger partial charge in [-0.1, -0.05) is 23.4 Å². The minimum Gasteiger partial charge on any atom is -0.394 e. The minimum absolute atomic E-state index is 0.00584. The number of aromatic nitrogens is 1. The molecule has 0 bridgehead atoms. The van der Waals surface area contributed by atoms with Crippen LogP contribution in [0.4, 0.5) is 28.2 Å². The van der Waals surface area contributed by atoms with Gasteiger partial charge < -0.3 is 14.5 Å². The second kappa shape index (κ2) is 9.09. The number of carbonyl (C=O) groups excluding carboxylic acids is 1. The first kappa shape index (κ1) is 24.9. The lowest BCUT2D eigenvalue weighted by atomic mass is 10.0. The van der Waals surface area contributed by atoms with Crippen molar-refractivity contribution in [2.24, 2.45) is 0 Å². The second-order valence-corrected chi connectivity index (χ2v) is 9.88. The number of urea groups is 1. The van der Waals surface area contributed by atoms with Gasteiger partial charge in [-0.25, -0.2) is 35.5 Å². The first-order chi connectivity index (χ1) is 16.5. The summed E-state index contributed by atoms with van der Waals surface area (Å²) >= 11 is 0. The number of hydrogen-bond acceptors (Lipinski definition) is 6. The summed E-state index contributed by atoms with van der Waals surface area (Å²) in [6, 6.07) is 2.33. The van der Waals surface area contributed by atoms with E-state index in [0.717, 1.165) is 12.1 Å². The van der Waals surface area contributed by atoms with E-state index in [2.05, 4.69) is 10.5 Å². The number of alkyl halides is 2. The van der Waals surface area contributed by atoms with Crippen molar-refractivity contribution in [3.63, 3.8) is 0 Å². The molecule has 0 radical (unpaired) electrons. The molecule has 2 aromatic carbocycles. The van der Waals surface area contributed by atoms with E-state index >= 15 is 0 Å². The SMILES string of the molecule is CCS(=O)(=O)N[C@@H]1CN(C(=O)Nc2noc3cccc(-c4c(F)cccc4F)c23)[C@H](CO)C1(F)F. The zero-order valence-corrected chi connectivity index (χ0v) is 19.0. The van der Waals surface area contributed by atoms with Gasteiger partial charge in [0, 0.05) is 12.1 Å². The lowest BCUT2D eigenvalue weighted by Gasteiger charge is -2.26. The number of carbonyl (C=O) groups is 1. The van der Waals surface area contributed by atoms with Crippen molar-refractivity contribution in [3.8, 4) is 11.1 Å². The smallest absolute Gasteiger partial charge is 0.323 e. The van der Waals surface area contributed by atoms with Crippen molar-refractivity contribution in [3.05, 3.63) is 48.0 Å². The van der Waals surface area contributed by atoms with Gasteiger partial charge in [0.1, 0.15) is 23.7 Å². The van der Waals surface area contributed by atoms with Crippen LogP contribution in [0.3, 0.4) is 0 Å². The van der Waals surface area contributed by atoms with Crippen molar-refractivity contribution in [1.29, 1.82) is 0 Å². The Morgan fingerprint density at radius 2 is 1.89 bits per heavy atom. The summed E-state index contributed by atoms with van der Waals surface area (Å²) in [5.41, 5.74) is -0.361. The van der Waals surface area contributed by atoms with E-state index in [4.69, 9.17) is 4.52 Å². The monoisotopic (exact) mass is 516 g/mol. The molecule has 9 nitrogen and oxygen atoms in total. The Morgan fingerprint density at radius 3 is 2.51 bits per heavy atom. The van der Waals surface area contributed by atoms with Crippen LogP contribution in [0, 0.1) is 11.6 Å². The van der Waals surface area contributed by atoms with E-state index in [-0.39, 0.29) is 22.4 Å². The molecule has 1 aliphatic heterocycles. The Labute approximate surface area is 196 Å². The maximum absolute atomic E-state index is 14.8. The van der Waals surface area contributed by atoms with Crippen LogP contribution in [-0.2, 0) is 10.0 Å². The standard InChI is InChI=1S/C21H20F4N4O5S/c1-2-35(32,33)28-15-9-29(16(10-30)21(15,24)25)20(31)26-19-18-11(5-3-8-14(18)34-27-19)17-12(22)6-4-7-13(17)23/h3-8,15-16,28,30H,2,9-10H2,1H3,(H,26,27,31)/t15-,16-/m1/s1. The van der Waals surface area contributed by atoms with Gasteiger partial charge in [-0.3, -0.25) is 5.32 Å². The van der Waals surface area contributed by atoms with E-state index in [1.54, 1.807) is 0 Å². The molecule has 0 saturated carbocycles. The fraction of sp³-hybridized carbons (Fsp3) is 0.333. The molecule has 2 atom stereocenters. The maximum atomic E-state index is 14.8. The van der Waals surface area contributed by atoms with E-state index in [9.17, 15) is 35.9 Å².